The Balaban J connectivity index is 0.000000220. The van der Waals surface area contributed by atoms with Crippen molar-refractivity contribution in [2.24, 2.45) is 0 Å². The molecule has 10 heteroatoms. The van der Waals surface area contributed by atoms with Gasteiger partial charge in [0, 0.05) is 26.2 Å². The number of amides is 2. The molecule has 0 N–H and O–H groups in total. The first-order valence-electron chi connectivity index (χ1n) is 13.3. The standard InChI is InChI=1S/2C15H20ClNO3/c1-15(2,3)20-14(18)17-6-5-10-8-13(19-4)12(16)7-11(10)9-17;1-15(2,3)20-14(18)17-8-7-11-10(9-17)5-6-12(19-4)13(11)16/h7-8H,5-6,9H2,1-4H3;5-6H,7-9H2,1-4H3. The van der Waals surface area contributed by atoms with E-state index in [9.17, 15) is 9.59 Å². The fraction of sp³-hybridized carbons (Fsp3) is 0.533. The molecule has 2 heterocycles. The summed E-state index contributed by atoms with van der Waals surface area (Å²) in [5.41, 5.74) is 3.38. The summed E-state index contributed by atoms with van der Waals surface area (Å²) in [5, 5.41) is 1.21. The van der Waals surface area contributed by atoms with Crippen LogP contribution in [0.25, 0.3) is 0 Å². The maximum Gasteiger partial charge on any atom is 0.410 e. The van der Waals surface area contributed by atoms with Crippen molar-refractivity contribution < 1.29 is 28.5 Å². The average molecular weight is 596 g/mol. The van der Waals surface area contributed by atoms with Crippen molar-refractivity contribution in [3.8, 4) is 11.5 Å². The van der Waals surface area contributed by atoms with Crippen LogP contribution in [0.2, 0.25) is 10.0 Å². The molecule has 0 bridgehead atoms. The van der Waals surface area contributed by atoms with Gasteiger partial charge < -0.3 is 28.7 Å². The molecule has 0 fully saturated rings. The normalized spacial score (nSPS) is 14.8. The number of benzene rings is 2. The number of halogens is 2. The molecule has 0 spiro atoms. The summed E-state index contributed by atoms with van der Waals surface area (Å²) in [4.78, 5) is 27.6. The SMILES string of the molecule is COc1cc2c(cc1Cl)CN(C(=O)OC(C)(C)C)CC2.COc1ccc2c(c1Cl)CCN(C(=O)OC(C)(C)C)C2. The summed E-state index contributed by atoms with van der Waals surface area (Å²) < 4.78 is 21.2. The van der Waals surface area contributed by atoms with Crippen LogP contribution in [0.1, 0.15) is 63.8 Å². The fourth-order valence-electron chi connectivity index (χ4n) is 4.42. The number of carbonyl (C=O) groups is 2. The maximum atomic E-state index is 12.1. The van der Waals surface area contributed by atoms with Crippen LogP contribution in [0.4, 0.5) is 9.59 Å². The molecule has 4 rings (SSSR count). The molecule has 0 aromatic heterocycles. The first kappa shape index (κ1) is 31.7. The van der Waals surface area contributed by atoms with E-state index < -0.39 is 11.2 Å². The number of carbonyl (C=O) groups excluding carboxylic acids is 2. The minimum Gasteiger partial charge on any atom is -0.495 e. The van der Waals surface area contributed by atoms with Crippen molar-refractivity contribution in [2.75, 3.05) is 27.3 Å². The molecule has 220 valence electrons. The Bertz CT molecular complexity index is 1200. The van der Waals surface area contributed by atoms with Gasteiger partial charge >= 0.3 is 12.2 Å². The molecule has 2 amide bonds. The third-order valence-corrected chi connectivity index (χ3v) is 7.02. The number of fused-ring (bicyclic) bond motifs is 2. The van der Waals surface area contributed by atoms with Crippen LogP contribution in [0.5, 0.6) is 11.5 Å². The van der Waals surface area contributed by atoms with Gasteiger partial charge in [0.05, 0.1) is 24.3 Å². The molecule has 2 aliphatic rings. The Hall–Kier alpha value is -2.84. The fourth-order valence-corrected chi connectivity index (χ4v) is 5.04. The lowest BCUT2D eigenvalue weighted by Crippen LogP contribution is -2.40. The van der Waals surface area contributed by atoms with E-state index in [1.807, 2.05) is 65.8 Å². The largest absolute Gasteiger partial charge is 0.495 e. The molecule has 2 aromatic carbocycles. The van der Waals surface area contributed by atoms with Gasteiger partial charge in [-0.05, 0) is 94.8 Å². The molecule has 2 aromatic rings. The lowest BCUT2D eigenvalue weighted by atomic mass is 9.99. The highest BCUT2D eigenvalue weighted by Gasteiger charge is 2.28. The summed E-state index contributed by atoms with van der Waals surface area (Å²) in [6.45, 7) is 13.5. The third kappa shape index (κ3) is 8.33. The zero-order valence-electron chi connectivity index (χ0n) is 24.7. The highest BCUT2D eigenvalue weighted by atomic mass is 35.5. The minimum atomic E-state index is -0.477. The van der Waals surface area contributed by atoms with Gasteiger partial charge in [-0.15, -0.1) is 0 Å². The van der Waals surface area contributed by atoms with Gasteiger partial charge in [-0.2, -0.15) is 0 Å². The van der Waals surface area contributed by atoms with Crippen LogP contribution >= 0.6 is 23.2 Å². The van der Waals surface area contributed by atoms with Crippen molar-refractivity contribution in [1.29, 1.82) is 0 Å². The first-order valence-corrected chi connectivity index (χ1v) is 14.0. The molecule has 2 aliphatic heterocycles. The zero-order chi connectivity index (χ0) is 29.8. The van der Waals surface area contributed by atoms with Gasteiger partial charge in [-0.25, -0.2) is 9.59 Å². The summed E-state index contributed by atoms with van der Waals surface area (Å²) in [6, 6.07) is 7.60. The van der Waals surface area contributed by atoms with Crippen LogP contribution < -0.4 is 9.47 Å². The average Bonchev–Trinajstić information content (AvgIpc) is 2.86. The molecule has 0 atom stereocenters. The number of hydrogen-bond donors (Lipinski definition) is 0. The van der Waals surface area contributed by atoms with E-state index in [2.05, 4.69) is 0 Å². The Morgan fingerprint density at radius 3 is 1.77 bits per heavy atom. The predicted molar refractivity (Wildman–Crippen MR) is 157 cm³/mol. The van der Waals surface area contributed by atoms with Gasteiger partial charge in [0.2, 0.25) is 0 Å². The molecule has 0 radical (unpaired) electrons. The second-order valence-corrected chi connectivity index (χ2v) is 12.6. The Labute approximate surface area is 247 Å². The Morgan fingerprint density at radius 2 is 1.25 bits per heavy atom. The number of methoxy groups -OCH3 is 2. The summed E-state index contributed by atoms with van der Waals surface area (Å²) in [6.07, 6.45) is 0.928. The number of hydrogen-bond acceptors (Lipinski definition) is 6. The lowest BCUT2D eigenvalue weighted by Gasteiger charge is -2.31. The minimum absolute atomic E-state index is 0.282. The monoisotopic (exact) mass is 594 g/mol. The van der Waals surface area contributed by atoms with E-state index in [1.54, 1.807) is 24.0 Å². The van der Waals surface area contributed by atoms with E-state index in [-0.39, 0.29) is 12.2 Å². The molecule has 0 aliphatic carbocycles. The van der Waals surface area contributed by atoms with E-state index in [4.69, 9.17) is 42.1 Å². The molecular formula is C30H40Cl2N2O6. The Kier molecular flexibility index (Phi) is 10.1. The van der Waals surface area contributed by atoms with Crippen LogP contribution in [-0.4, -0.2) is 60.5 Å². The van der Waals surface area contributed by atoms with E-state index in [0.29, 0.717) is 54.1 Å². The molecule has 40 heavy (non-hydrogen) atoms. The molecular weight excluding hydrogens is 555 g/mol. The summed E-state index contributed by atoms with van der Waals surface area (Å²) >= 11 is 12.4. The maximum absolute atomic E-state index is 12.1. The van der Waals surface area contributed by atoms with Crippen LogP contribution in [0.15, 0.2) is 24.3 Å². The molecule has 0 saturated heterocycles. The summed E-state index contributed by atoms with van der Waals surface area (Å²) in [5.74, 6) is 1.35. The number of ether oxygens (including phenoxy) is 4. The zero-order valence-corrected chi connectivity index (χ0v) is 26.2. The van der Waals surface area contributed by atoms with Crippen LogP contribution in [0.3, 0.4) is 0 Å². The van der Waals surface area contributed by atoms with E-state index in [1.165, 1.54) is 5.56 Å². The van der Waals surface area contributed by atoms with Crippen molar-refractivity contribution >= 4 is 35.4 Å². The van der Waals surface area contributed by atoms with Gasteiger partial charge in [0.1, 0.15) is 22.7 Å². The second kappa shape index (κ2) is 12.8. The number of nitrogens with zero attached hydrogens (tertiary/aromatic N) is 2. The summed E-state index contributed by atoms with van der Waals surface area (Å²) in [7, 11) is 3.20. The van der Waals surface area contributed by atoms with Crippen molar-refractivity contribution in [2.45, 2.75) is 78.7 Å². The smallest absolute Gasteiger partial charge is 0.410 e. The number of rotatable bonds is 2. The highest BCUT2D eigenvalue weighted by Crippen LogP contribution is 2.34. The van der Waals surface area contributed by atoms with Crippen LogP contribution in [0, 0.1) is 0 Å². The molecule has 8 nitrogen and oxygen atoms in total. The lowest BCUT2D eigenvalue weighted by molar-refractivity contribution is 0.0214. The third-order valence-electron chi connectivity index (χ3n) is 6.31. The first-order chi connectivity index (χ1) is 18.6. The van der Waals surface area contributed by atoms with Crippen molar-refractivity contribution in [3.05, 3.63) is 56.6 Å². The molecule has 0 saturated carbocycles. The second-order valence-electron chi connectivity index (χ2n) is 11.8. The van der Waals surface area contributed by atoms with Gasteiger partial charge in [-0.3, -0.25) is 0 Å². The highest BCUT2D eigenvalue weighted by molar-refractivity contribution is 6.33. The predicted octanol–water partition coefficient (Wildman–Crippen LogP) is 7.28. The topological polar surface area (TPSA) is 77.5 Å². The van der Waals surface area contributed by atoms with Gasteiger partial charge in [0.15, 0.2) is 0 Å². The van der Waals surface area contributed by atoms with Crippen molar-refractivity contribution in [3.63, 3.8) is 0 Å². The van der Waals surface area contributed by atoms with Gasteiger partial charge in [-0.1, -0.05) is 29.3 Å². The van der Waals surface area contributed by atoms with E-state index >= 15 is 0 Å². The van der Waals surface area contributed by atoms with Gasteiger partial charge in [0.25, 0.3) is 0 Å². The Morgan fingerprint density at radius 1 is 0.725 bits per heavy atom. The quantitative estimate of drug-likeness (QED) is 0.363. The van der Waals surface area contributed by atoms with Crippen LogP contribution in [-0.2, 0) is 35.4 Å². The molecule has 0 unspecified atom stereocenters. The van der Waals surface area contributed by atoms with Crippen molar-refractivity contribution in [1.82, 2.24) is 9.80 Å². The van der Waals surface area contributed by atoms with E-state index in [0.717, 1.165) is 23.1 Å².